The van der Waals surface area contributed by atoms with E-state index in [9.17, 15) is 14.7 Å². The molecule has 1 spiro atoms. The Bertz CT molecular complexity index is 2210. The number of aliphatic hydroxyl groups is 1. The Kier molecular flexibility index (Phi) is 9.84. The number of hydrogen-bond donors (Lipinski definition) is 2. The number of amides is 2. The van der Waals surface area contributed by atoms with E-state index in [4.69, 9.17) is 9.84 Å². The molecule has 0 radical (unpaired) electrons. The first-order chi connectivity index (χ1) is 26.6. The smallest absolute Gasteiger partial charge is 0.264 e. The Hall–Kier alpha value is -5.27. The van der Waals surface area contributed by atoms with Crippen molar-refractivity contribution in [1.82, 2.24) is 15.0 Å². The highest BCUT2D eigenvalue weighted by molar-refractivity contribution is 6.71. The van der Waals surface area contributed by atoms with Crippen molar-refractivity contribution in [2.45, 2.75) is 75.5 Å². The number of nitrogens with zero attached hydrogens (tertiary/aromatic N) is 6. The number of benzene rings is 4. The zero-order valence-corrected chi connectivity index (χ0v) is 32.3. The minimum absolute atomic E-state index is 0.105. The van der Waals surface area contributed by atoms with Gasteiger partial charge in [0.15, 0.2) is 13.9 Å². The largest absolute Gasteiger partial charge is 0.432 e. The van der Waals surface area contributed by atoms with E-state index >= 15 is 4.79 Å². The topological polar surface area (TPSA) is 133 Å². The number of rotatable bonds is 11. The Labute approximate surface area is 322 Å². The molecule has 1 aromatic heterocycles. The summed E-state index contributed by atoms with van der Waals surface area (Å²) in [5, 5.41) is 25.3. The lowest BCUT2D eigenvalue weighted by Crippen LogP contribution is -2.46. The number of aromatic nitrogens is 3. The molecule has 5 aromatic rings. The molecule has 5 atom stereocenters. The molecule has 4 aromatic carbocycles. The molecular formula is C43H46N6O5Si. The number of ether oxygens (including phenoxy) is 1. The predicted octanol–water partition coefficient (Wildman–Crippen LogP) is 6.37. The van der Waals surface area contributed by atoms with Gasteiger partial charge >= 0.3 is 0 Å². The fourth-order valence-corrected chi connectivity index (χ4v) is 11.5. The predicted molar refractivity (Wildman–Crippen MR) is 213 cm³/mol. The first-order valence-corrected chi connectivity index (χ1v) is 22.0. The van der Waals surface area contributed by atoms with Crippen molar-refractivity contribution < 1.29 is 24.2 Å². The normalized spacial score (nSPS) is 23.0. The van der Waals surface area contributed by atoms with E-state index in [-0.39, 0.29) is 29.9 Å². The van der Waals surface area contributed by atoms with Crippen LogP contribution in [0.1, 0.15) is 60.1 Å². The fourth-order valence-electron chi connectivity index (χ4n) is 8.88. The van der Waals surface area contributed by atoms with Crippen LogP contribution >= 0.6 is 0 Å². The third-order valence-electron chi connectivity index (χ3n) is 11.5. The number of fused-ring (bicyclic) bond motifs is 2. The summed E-state index contributed by atoms with van der Waals surface area (Å²) >= 11 is 0. The molecule has 0 bridgehead atoms. The van der Waals surface area contributed by atoms with Crippen LogP contribution < -0.4 is 9.91 Å². The van der Waals surface area contributed by atoms with Crippen LogP contribution in [0.4, 0.5) is 11.4 Å². The van der Waals surface area contributed by atoms with Crippen molar-refractivity contribution in [3.05, 3.63) is 143 Å². The highest BCUT2D eigenvalue weighted by atomic mass is 28.4. The number of carbonyl (C=O) groups is 2. The van der Waals surface area contributed by atoms with Gasteiger partial charge in [-0.1, -0.05) is 103 Å². The van der Waals surface area contributed by atoms with E-state index in [0.717, 1.165) is 28.1 Å². The van der Waals surface area contributed by atoms with Gasteiger partial charge in [-0.15, -0.1) is 5.10 Å². The number of hydrazone groups is 1. The molecule has 1 saturated heterocycles. The number of aliphatic hydroxyl groups excluding tert-OH is 1. The highest BCUT2D eigenvalue weighted by Crippen LogP contribution is 2.60. The molecule has 1 unspecified atom stereocenters. The zero-order chi connectivity index (χ0) is 38.3. The summed E-state index contributed by atoms with van der Waals surface area (Å²) in [6, 6.07) is 35.1. The van der Waals surface area contributed by atoms with Gasteiger partial charge in [0.2, 0.25) is 5.91 Å². The van der Waals surface area contributed by atoms with Crippen LogP contribution in [0.2, 0.25) is 18.6 Å². The first kappa shape index (κ1) is 36.7. The maximum atomic E-state index is 15.1. The molecule has 282 valence electrons. The summed E-state index contributed by atoms with van der Waals surface area (Å²) in [7, 11) is -2.96. The summed E-state index contributed by atoms with van der Waals surface area (Å²) in [5.41, 5.74) is 4.61. The maximum absolute atomic E-state index is 15.1. The van der Waals surface area contributed by atoms with Gasteiger partial charge in [-0.25, -0.2) is 5.01 Å². The van der Waals surface area contributed by atoms with Crippen LogP contribution in [-0.2, 0) is 33.0 Å². The summed E-state index contributed by atoms with van der Waals surface area (Å²) in [6.07, 6.45) is 2.69. The van der Waals surface area contributed by atoms with Gasteiger partial charge in [0.1, 0.15) is 0 Å². The van der Waals surface area contributed by atoms with E-state index in [2.05, 4.69) is 10.3 Å². The molecule has 55 heavy (non-hydrogen) atoms. The van der Waals surface area contributed by atoms with Crippen molar-refractivity contribution in [2.24, 2.45) is 11.0 Å². The summed E-state index contributed by atoms with van der Waals surface area (Å²) in [5.74, 6) is -1.01. The molecule has 4 heterocycles. The monoisotopic (exact) mass is 754 g/mol. The van der Waals surface area contributed by atoms with Gasteiger partial charge in [0.25, 0.3) is 5.91 Å². The number of hydrogen-bond acceptors (Lipinski definition) is 8. The molecule has 11 nitrogen and oxygen atoms in total. The molecule has 12 heteroatoms. The van der Waals surface area contributed by atoms with E-state index in [1.807, 2.05) is 135 Å². The molecule has 3 aliphatic rings. The number of aryl methyl sites for hydroxylation is 1. The third kappa shape index (κ3) is 6.73. The average molecular weight is 755 g/mol. The fraction of sp³-hybridized carbons (Fsp3) is 0.326. The average Bonchev–Trinajstić information content (AvgIpc) is 3.85. The Morgan fingerprint density at radius 3 is 2.31 bits per heavy atom. The van der Waals surface area contributed by atoms with Crippen LogP contribution in [-0.4, -0.2) is 63.5 Å². The Balaban J connectivity index is 1.16. The van der Waals surface area contributed by atoms with Crippen molar-refractivity contribution >= 4 is 37.2 Å². The van der Waals surface area contributed by atoms with Crippen molar-refractivity contribution in [3.8, 4) is 0 Å². The minimum atomic E-state index is -2.96. The lowest BCUT2D eigenvalue weighted by Gasteiger charge is -2.32. The maximum Gasteiger partial charge on any atom is 0.264 e. The molecule has 8 rings (SSSR count). The summed E-state index contributed by atoms with van der Waals surface area (Å²) < 4.78 is 8.88. The second-order valence-corrected chi connectivity index (χ2v) is 19.4. The molecule has 0 saturated carbocycles. The summed E-state index contributed by atoms with van der Waals surface area (Å²) in [6.45, 7) is 6.51. The van der Waals surface area contributed by atoms with Gasteiger partial charge < -0.3 is 19.5 Å². The van der Waals surface area contributed by atoms with Gasteiger partial charge in [-0.05, 0) is 54.4 Å². The molecule has 1 fully saturated rings. The van der Waals surface area contributed by atoms with E-state index < -0.39 is 25.9 Å². The Morgan fingerprint density at radius 1 is 0.927 bits per heavy atom. The minimum Gasteiger partial charge on any atom is -0.432 e. The number of anilines is 2. The van der Waals surface area contributed by atoms with E-state index in [1.54, 1.807) is 9.58 Å². The van der Waals surface area contributed by atoms with Crippen molar-refractivity contribution in [2.75, 3.05) is 16.5 Å². The highest BCUT2D eigenvalue weighted by Gasteiger charge is 2.66. The second kappa shape index (κ2) is 14.8. The van der Waals surface area contributed by atoms with Gasteiger partial charge in [0.05, 0.1) is 48.0 Å². The van der Waals surface area contributed by atoms with Crippen LogP contribution in [0.25, 0.3) is 0 Å². The quantitative estimate of drug-likeness (QED) is 0.150. The number of carbonyl (C=O) groups excluding carboxylic acids is 2. The van der Waals surface area contributed by atoms with Gasteiger partial charge in [-0.3, -0.25) is 14.3 Å². The van der Waals surface area contributed by atoms with Crippen molar-refractivity contribution in [3.63, 3.8) is 0 Å². The SMILES string of the molecule is C[C@H]1[C@H]([Si](C)(C)O)[C@@H](CCn2cc(C(CO)c3ccccc3)nn2)O[C@]12C(=O)N(Cc1ccccc1)c1ccc(N3N=C(c4ccccc4)CCC3=O)cc12. The van der Waals surface area contributed by atoms with Gasteiger partial charge in [-0.2, -0.15) is 5.10 Å². The molecule has 0 aliphatic carbocycles. The molecule has 2 amide bonds. The van der Waals surface area contributed by atoms with Crippen molar-refractivity contribution in [1.29, 1.82) is 0 Å². The molecule has 2 N–H and O–H groups in total. The van der Waals surface area contributed by atoms with Crippen LogP contribution in [0.15, 0.2) is 120 Å². The standard InChI is InChI=1S/C43H46N6O5Si/c1-29-41(55(2,3)53)39(23-24-47-27-37(44-46-47)34(28-50)31-15-9-5-10-16-31)54-43(29)35-25-33(49-40(51)22-20-36(45-49)32-17-11-6-12-18-32)19-21-38(35)48(42(43)52)26-30-13-7-4-8-14-30/h4-19,21,25,27,29,34,39,41,50,53H,20,22-24,26,28H2,1-3H3/t29-,34?,39+,41-,43+/m0/s1. The van der Waals surface area contributed by atoms with Crippen LogP contribution in [0.5, 0.6) is 0 Å². The lowest BCUT2D eigenvalue weighted by molar-refractivity contribution is -0.146. The second-order valence-electron chi connectivity index (χ2n) is 15.4. The summed E-state index contributed by atoms with van der Waals surface area (Å²) in [4.78, 5) is 42.3. The zero-order valence-electron chi connectivity index (χ0n) is 31.3. The first-order valence-electron chi connectivity index (χ1n) is 19.0. The van der Waals surface area contributed by atoms with E-state index in [0.29, 0.717) is 49.3 Å². The lowest BCUT2D eigenvalue weighted by atomic mass is 9.82. The molecular weight excluding hydrogens is 709 g/mol. The van der Waals surface area contributed by atoms with E-state index in [1.165, 1.54) is 5.01 Å². The van der Waals surface area contributed by atoms with Gasteiger partial charge in [0, 0.05) is 42.6 Å². The van der Waals surface area contributed by atoms with Crippen LogP contribution in [0.3, 0.4) is 0 Å². The Morgan fingerprint density at radius 2 is 1.62 bits per heavy atom. The molecule has 3 aliphatic heterocycles. The third-order valence-corrected chi connectivity index (χ3v) is 14.0. The van der Waals surface area contributed by atoms with Crippen LogP contribution in [0, 0.1) is 5.92 Å².